The maximum atomic E-state index is 2.37. The number of allylic oxidation sites excluding steroid dienone is 2. The minimum atomic E-state index is 1.22. The summed E-state index contributed by atoms with van der Waals surface area (Å²) in [5.41, 5.74) is 1.48. The number of benzene rings is 2. The molecule has 0 amide bonds. The predicted octanol–water partition coefficient (Wildman–Crippen LogP) is 7.08. The molecule has 0 aliphatic rings. The molecule has 0 fully saturated rings. The maximum Gasteiger partial charge on any atom is -0.0181 e. The van der Waals surface area contributed by atoms with E-state index in [1.165, 1.54) is 74.1 Å². The Hall–Kier alpha value is -1.56. The molecule has 22 heavy (non-hydrogen) atoms. The Morgan fingerprint density at radius 2 is 1.45 bits per heavy atom. The normalized spacial score (nSPS) is 11.5. The Morgan fingerprint density at radius 3 is 2.27 bits per heavy atom. The lowest BCUT2D eigenvalue weighted by atomic mass is 10.0. The van der Waals surface area contributed by atoms with Crippen molar-refractivity contribution in [1.29, 1.82) is 0 Å². The van der Waals surface area contributed by atoms with Crippen LogP contribution in [0.25, 0.3) is 10.8 Å². The lowest BCUT2D eigenvalue weighted by Crippen LogP contribution is -1.86. The van der Waals surface area contributed by atoms with Crippen LogP contribution in [0.2, 0.25) is 0 Å². The van der Waals surface area contributed by atoms with E-state index in [0.717, 1.165) is 0 Å². The molecule has 0 aromatic heterocycles. The van der Waals surface area contributed by atoms with Crippen molar-refractivity contribution in [2.45, 2.75) is 64.7 Å². The van der Waals surface area contributed by atoms with E-state index in [4.69, 9.17) is 0 Å². The molecule has 0 bridgehead atoms. The quantitative estimate of drug-likeness (QED) is 0.324. The van der Waals surface area contributed by atoms with Gasteiger partial charge in [0, 0.05) is 0 Å². The summed E-state index contributed by atoms with van der Waals surface area (Å²) in [5.74, 6) is 0. The van der Waals surface area contributed by atoms with Gasteiger partial charge in [-0.3, -0.25) is 0 Å². The van der Waals surface area contributed by atoms with E-state index < -0.39 is 0 Å². The molecular weight excluding hydrogens is 264 g/mol. The van der Waals surface area contributed by atoms with E-state index in [-0.39, 0.29) is 0 Å². The van der Waals surface area contributed by atoms with Crippen LogP contribution in [0.1, 0.15) is 63.9 Å². The lowest BCUT2D eigenvalue weighted by Gasteiger charge is -2.04. The number of hydrogen-bond acceptors (Lipinski definition) is 0. The predicted molar refractivity (Wildman–Crippen MR) is 99.4 cm³/mol. The topological polar surface area (TPSA) is 0 Å². The van der Waals surface area contributed by atoms with Gasteiger partial charge < -0.3 is 0 Å². The number of unbranched alkanes of at least 4 members (excludes halogenated alkanes) is 6. The van der Waals surface area contributed by atoms with Gasteiger partial charge in [-0.25, -0.2) is 0 Å². The Labute approximate surface area is 136 Å². The molecule has 2 rings (SSSR count). The van der Waals surface area contributed by atoms with Crippen molar-refractivity contribution in [2.24, 2.45) is 0 Å². The van der Waals surface area contributed by atoms with E-state index in [0.29, 0.717) is 0 Å². The summed E-state index contributed by atoms with van der Waals surface area (Å²) in [4.78, 5) is 0. The van der Waals surface area contributed by atoms with Gasteiger partial charge in [0.2, 0.25) is 0 Å². The van der Waals surface area contributed by atoms with Crippen LogP contribution in [0, 0.1) is 0 Å². The van der Waals surface area contributed by atoms with Gasteiger partial charge in [-0.1, -0.05) is 87.2 Å². The highest BCUT2D eigenvalue weighted by atomic mass is 14.0. The van der Waals surface area contributed by atoms with E-state index in [1.807, 2.05) is 0 Å². The molecular formula is C22H30. The summed E-state index contributed by atoms with van der Waals surface area (Å²) in [6.07, 6.45) is 16.5. The first-order valence-electron chi connectivity index (χ1n) is 9.03. The van der Waals surface area contributed by atoms with Crippen molar-refractivity contribution >= 4 is 10.8 Å². The number of hydrogen-bond donors (Lipinski definition) is 0. The highest BCUT2D eigenvalue weighted by molar-refractivity contribution is 5.82. The molecule has 0 atom stereocenters. The van der Waals surface area contributed by atoms with Crippen molar-refractivity contribution in [3.8, 4) is 0 Å². The molecule has 0 spiro atoms. The third-order valence-corrected chi connectivity index (χ3v) is 4.29. The largest absolute Gasteiger partial charge is 0.0885 e. The summed E-state index contributed by atoms with van der Waals surface area (Å²) in [7, 11) is 0. The average molecular weight is 294 g/mol. The fraction of sp³-hybridized carbons (Fsp3) is 0.455. The van der Waals surface area contributed by atoms with Gasteiger partial charge in [0.1, 0.15) is 0 Å². The molecule has 0 nitrogen and oxygen atoms in total. The molecule has 0 radical (unpaired) electrons. The van der Waals surface area contributed by atoms with Gasteiger partial charge in [0.05, 0.1) is 0 Å². The van der Waals surface area contributed by atoms with Crippen LogP contribution in [0.15, 0.2) is 54.6 Å². The van der Waals surface area contributed by atoms with Gasteiger partial charge in [-0.05, 0) is 48.4 Å². The molecule has 0 unspecified atom stereocenters. The van der Waals surface area contributed by atoms with E-state index in [1.54, 1.807) is 0 Å². The highest BCUT2D eigenvalue weighted by Crippen LogP contribution is 2.17. The van der Waals surface area contributed by atoms with Crippen LogP contribution in [0.3, 0.4) is 0 Å². The smallest absolute Gasteiger partial charge is 0.0181 e. The van der Waals surface area contributed by atoms with Crippen LogP contribution >= 0.6 is 0 Å². The van der Waals surface area contributed by atoms with Crippen molar-refractivity contribution in [1.82, 2.24) is 0 Å². The minimum Gasteiger partial charge on any atom is -0.0885 e. The molecule has 0 saturated carbocycles. The summed E-state index contributed by atoms with van der Waals surface area (Å²) >= 11 is 0. The second kappa shape index (κ2) is 10.2. The highest BCUT2D eigenvalue weighted by Gasteiger charge is 1.97. The molecule has 0 N–H and O–H groups in total. The van der Waals surface area contributed by atoms with Crippen molar-refractivity contribution in [2.75, 3.05) is 0 Å². The summed E-state index contributed by atoms with van der Waals surface area (Å²) in [6, 6.07) is 15.5. The molecule has 0 aliphatic heterocycles. The van der Waals surface area contributed by atoms with Crippen molar-refractivity contribution < 1.29 is 0 Å². The summed E-state index contributed by atoms with van der Waals surface area (Å²) in [6.45, 7) is 2.25. The SMILES string of the molecule is CCCC/C=C/CCCCCCc1ccc2ccccc2c1. The molecule has 2 aromatic rings. The zero-order valence-corrected chi connectivity index (χ0v) is 14.1. The van der Waals surface area contributed by atoms with Crippen LogP contribution < -0.4 is 0 Å². The second-order valence-electron chi connectivity index (χ2n) is 6.25. The van der Waals surface area contributed by atoms with Crippen molar-refractivity contribution in [3.05, 3.63) is 60.2 Å². The molecule has 0 heterocycles. The fourth-order valence-electron chi connectivity index (χ4n) is 2.90. The van der Waals surface area contributed by atoms with E-state index in [2.05, 4.69) is 61.5 Å². The van der Waals surface area contributed by atoms with Gasteiger partial charge >= 0.3 is 0 Å². The van der Waals surface area contributed by atoms with Crippen LogP contribution in [-0.2, 0) is 6.42 Å². The maximum absolute atomic E-state index is 2.37. The van der Waals surface area contributed by atoms with Gasteiger partial charge in [0.25, 0.3) is 0 Å². The van der Waals surface area contributed by atoms with Crippen molar-refractivity contribution in [3.63, 3.8) is 0 Å². The van der Waals surface area contributed by atoms with E-state index in [9.17, 15) is 0 Å². The van der Waals surface area contributed by atoms with Gasteiger partial charge in [-0.2, -0.15) is 0 Å². The first kappa shape index (κ1) is 16.8. The lowest BCUT2D eigenvalue weighted by molar-refractivity contribution is 0.645. The molecule has 0 heteroatoms. The first-order valence-corrected chi connectivity index (χ1v) is 9.03. The zero-order chi connectivity index (χ0) is 15.5. The Morgan fingerprint density at radius 1 is 0.727 bits per heavy atom. The van der Waals surface area contributed by atoms with Gasteiger partial charge in [0.15, 0.2) is 0 Å². The van der Waals surface area contributed by atoms with Crippen LogP contribution in [0.5, 0.6) is 0 Å². The first-order chi connectivity index (χ1) is 10.9. The number of aryl methyl sites for hydroxylation is 1. The molecule has 2 aromatic carbocycles. The van der Waals surface area contributed by atoms with Crippen LogP contribution in [-0.4, -0.2) is 0 Å². The Balaban J connectivity index is 1.59. The average Bonchev–Trinajstić information content (AvgIpc) is 2.56. The van der Waals surface area contributed by atoms with Gasteiger partial charge in [-0.15, -0.1) is 0 Å². The van der Waals surface area contributed by atoms with Crippen LogP contribution in [0.4, 0.5) is 0 Å². The zero-order valence-electron chi connectivity index (χ0n) is 14.1. The third-order valence-electron chi connectivity index (χ3n) is 4.29. The fourth-order valence-corrected chi connectivity index (χ4v) is 2.90. The summed E-state index contributed by atoms with van der Waals surface area (Å²) in [5, 5.41) is 2.72. The molecule has 0 saturated heterocycles. The molecule has 0 aliphatic carbocycles. The number of rotatable bonds is 10. The Bertz CT molecular complexity index is 565. The third kappa shape index (κ3) is 6.05. The second-order valence-corrected chi connectivity index (χ2v) is 6.25. The Kier molecular flexibility index (Phi) is 7.80. The standard InChI is InChI=1S/C22H30/c1-2-3-4-5-6-7-8-9-10-11-14-20-17-18-21-15-12-13-16-22(21)19-20/h5-6,12-13,15-19H,2-4,7-11,14H2,1H3/b6-5+. The minimum absolute atomic E-state index is 1.22. The number of fused-ring (bicyclic) bond motifs is 1. The summed E-state index contributed by atoms with van der Waals surface area (Å²) < 4.78 is 0. The molecule has 118 valence electrons. The monoisotopic (exact) mass is 294 g/mol. The van der Waals surface area contributed by atoms with E-state index >= 15 is 0 Å².